The minimum atomic E-state index is -1.34. The van der Waals surface area contributed by atoms with E-state index in [1.165, 1.54) is 0 Å². The van der Waals surface area contributed by atoms with Crippen molar-refractivity contribution in [3.63, 3.8) is 0 Å². The number of hydrogen-bond acceptors (Lipinski definition) is 6. The molecule has 0 N–H and O–H groups in total. The highest BCUT2D eigenvalue weighted by atomic mass is 19.1. The van der Waals surface area contributed by atoms with Crippen LogP contribution in [0, 0.1) is 0 Å². The maximum absolute atomic E-state index is 15.0. The van der Waals surface area contributed by atoms with Gasteiger partial charge in [0.25, 0.3) is 0 Å². The van der Waals surface area contributed by atoms with Crippen LogP contribution in [-0.2, 0) is 28.3 Å². The highest BCUT2D eigenvalue weighted by Gasteiger charge is 2.53. The molecular formula is C20H36BFO6. The zero-order chi connectivity index (χ0) is 20.7. The molecule has 0 radical (unpaired) electrons. The monoisotopic (exact) mass is 402 g/mol. The molecule has 0 aromatic carbocycles. The summed E-state index contributed by atoms with van der Waals surface area (Å²) in [7, 11) is 1.25. The largest absolute Gasteiger partial charge is 0.490 e. The molecule has 0 aromatic rings. The normalized spacial score (nSPS) is 26.5. The van der Waals surface area contributed by atoms with Crippen LogP contribution < -0.4 is 0 Å². The Hall–Kier alpha value is -0.505. The Labute approximate surface area is 169 Å². The summed E-state index contributed by atoms with van der Waals surface area (Å²) < 4.78 is 48.2. The topological polar surface area (TPSA) is 55.4 Å². The van der Waals surface area contributed by atoms with Crippen molar-refractivity contribution in [3.8, 4) is 0 Å². The fraction of sp³-hybridized carbons (Fsp3) is 0.900. The van der Waals surface area contributed by atoms with Gasteiger partial charge in [0.2, 0.25) is 0 Å². The van der Waals surface area contributed by atoms with Gasteiger partial charge in [-0.15, -0.1) is 0 Å². The molecule has 1 unspecified atom stereocenters. The van der Waals surface area contributed by atoms with Gasteiger partial charge in [0, 0.05) is 13.5 Å². The number of ether oxygens (including phenoxy) is 4. The van der Waals surface area contributed by atoms with Crippen LogP contribution in [0.25, 0.3) is 0 Å². The number of rotatable bonds is 12. The molecule has 1 fully saturated rings. The van der Waals surface area contributed by atoms with Gasteiger partial charge in [-0.3, -0.25) is 0 Å². The SMILES string of the molecule is COCCOCCOCCOCC1(F)CC=C(B2OC(C)(C)C(C)(C)O2)CC1. The molecule has 1 aliphatic heterocycles. The Balaban J connectivity index is 1.61. The van der Waals surface area contributed by atoms with Gasteiger partial charge in [0.15, 0.2) is 0 Å². The first-order chi connectivity index (χ1) is 13.2. The van der Waals surface area contributed by atoms with Crippen molar-refractivity contribution in [2.75, 3.05) is 53.4 Å². The van der Waals surface area contributed by atoms with Crippen molar-refractivity contribution < 1.29 is 32.6 Å². The summed E-state index contributed by atoms with van der Waals surface area (Å²) in [5.41, 5.74) is -1.05. The number of allylic oxidation sites excluding steroid dienone is 2. The van der Waals surface area contributed by atoms with Crippen LogP contribution in [0.3, 0.4) is 0 Å². The second kappa shape index (κ2) is 10.5. The van der Waals surface area contributed by atoms with Crippen molar-refractivity contribution in [3.05, 3.63) is 11.5 Å². The quantitative estimate of drug-likeness (QED) is 0.369. The zero-order valence-electron chi connectivity index (χ0n) is 18.1. The first-order valence-electron chi connectivity index (χ1n) is 10.1. The Morgan fingerprint density at radius 3 is 1.96 bits per heavy atom. The van der Waals surface area contributed by atoms with E-state index in [1.807, 2.05) is 33.8 Å². The molecule has 0 bridgehead atoms. The van der Waals surface area contributed by atoms with Crippen molar-refractivity contribution in [1.82, 2.24) is 0 Å². The average molecular weight is 402 g/mol. The van der Waals surface area contributed by atoms with E-state index in [-0.39, 0.29) is 24.9 Å². The number of hydrogen-bond donors (Lipinski definition) is 0. The van der Waals surface area contributed by atoms with Gasteiger partial charge in [-0.1, -0.05) is 6.08 Å². The lowest BCUT2D eigenvalue weighted by Gasteiger charge is -2.32. The molecule has 2 rings (SSSR count). The van der Waals surface area contributed by atoms with Gasteiger partial charge in [-0.25, -0.2) is 4.39 Å². The van der Waals surface area contributed by atoms with Crippen LogP contribution in [-0.4, -0.2) is 77.3 Å². The van der Waals surface area contributed by atoms with Crippen LogP contribution in [0.1, 0.15) is 47.0 Å². The van der Waals surface area contributed by atoms with Crippen LogP contribution in [0.5, 0.6) is 0 Å². The first-order valence-corrected chi connectivity index (χ1v) is 10.1. The maximum Gasteiger partial charge on any atom is 0.490 e. The maximum atomic E-state index is 15.0. The molecule has 8 heteroatoms. The summed E-state index contributed by atoms with van der Waals surface area (Å²) in [6, 6.07) is 0. The highest BCUT2D eigenvalue weighted by Crippen LogP contribution is 2.41. The number of methoxy groups -OCH3 is 1. The molecule has 0 spiro atoms. The molecule has 0 aromatic heterocycles. The van der Waals surface area contributed by atoms with E-state index < -0.39 is 5.67 Å². The molecule has 0 amide bonds. The van der Waals surface area contributed by atoms with E-state index in [1.54, 1.807) is 7.11 Å². The molecule has 6 nitrogen and oxygen atoms in total. The number of halogens is 1. The predicted octanol–water partition coefficient (Wildman–Crippen LogP) is 3.13. The summed E-state index contributed by atoms with van der Waals surface area (Å²) in [5, 5.41) is 0. The molecule has 162 valence electrons. The van der Waals surface area contributed by atoms with Crippen molar-refractivity contribution in [1.29, 1.82) is 0 Å². The van der Waals surface area contributed by atoms with Crippen LogP contribution >= 0.6 is 0 Å². The zero-order valence-corrected chi connectivity index (χ0v) is 18.1. The van der Waals surface area contributed by atoms with Crippen molar-refractivity contribution in [2.45, 2.75) is 63.8 Å². The third kappa shape index (κ3) is 6.78. The molecule has 0 saturated carbocycles. The van der Waals surface area contributed by atoms with E-state index in [9.17, 15) is 4.39 Å². The highest BCUT2D eigenvalue weighted by molar-refractivity contribution is 6.54. The second-order valence-corrected chi connectivity index (χ2v) is 8.49. The van der Waals surface area contributed by atoms with Gasteiger partial charge in [-0.2, -0.15) is 0 Å². The minimum Gasteiger partial charge on any atom is -0.400 e. The van der Waals surface area contributed by atoms with Gasteiger partial charge in [0.05, 0.1) is 57.5 Å². The lowest BCUT2D eigenvalue weighted by molar-refractivity contribution is -0.0273. The summed E-state index contributed by atoms with van der Waals surface area (Å²) in [6.45, 7) is 11.1. The Morgan fingerprint density at radius 1 is 0.929 bits per heavy atom. The fourth-order valence-electron chi connectivity index (χ4n) is 3.06. The standard InChI is InChI=1S/C20H36BFO6/c1-18(2)19(3,4)28-21(27-18)17-6-8-20(22,9-7-17)16-26-15-14-25-13-12-24-11-10-23-5/h6H,7-16H2,1-5H3. The van der Waals surface area contributed by atoms with Crippen molar-refractivity contribution >= 4 is 7.12 Å². The third-order valence-corrected chi connectivity index (χ3v) is 5.68. The Kier molecular flexibility index (Phi) is 8.92. The van der Waals surface area contributed by atoms with E-state index in [0.717, 1.165) is 5.47 Å². The molecule has 2 aliphatic rings. The molecule has 28 heavy (non-hydrogen) atoms. The molecule has 1 saturated heterocycles. The predicted molar refractivity (Wildman–Crippen MR) is 106 cm³/mol. The molecule has 1 aliphatic carbocycles. The van der Waals surface area contributed by atoms with E-state index in [4.69, 9.17) is 28.3 Å². The van der Waals surface area contributed by atoms with Gasteiger partial charge in [0.1, 0.15) is 5.67 Å². The summed E-state index contributed by atoms with van der Waals surface area (Å²) >= 11 is 0. The summed E-state index contributed by atoms with van der Waals surface area (Å²) in [5.74, 6) is 0. The number of alkyl halides is 1. The lowest BCUT2D eigenvalue weighted by Crippen LogP contribution is -2.41. The third-order valence-electron chi connectivity index (χ3n) is 5.68. The molecule has 1 heterocycles. The Bertz CT molecular complexity index is 497. The van der Waals surface area contributed by atoms with Crippen LogP contribution in [0.2, 0.25) is 0 Å². The molecule has 1 atom stereocenters. The summed E-state index contributed by atoms with van der Waals surface area (Å²) in [4.78, 5) is 0. The van der Waals surface area contributed by atoms with E-state index in [2.05, 4.69) is 0 Å². The van der Waals surface area contributed by atoms with Crippen molar-refractivity contribution in [2.24, 2.45) is 0 Å². The fourth-order valence-corrected chi connectivity index (χ4v) is 3.06. The van der Waals surface area contributed by atoms with E-state index >= 15 is 0 Å². The first kappa shape index (κ1) is 23.8. The van der Waals surface area contributed by atoms with Crippen LogP contribution in [0.4, 0.5) is 4.39 Å². The average Bonchev–Trinajstić information content (AvgIpc) is 2.85. The van der Waals surface area contributed by atoms with Gasteiger partial charge in [-0.05, 0) is 46.0 Å². The second-order valence-electron chi connectivity index (χ2n) is 8.49. The summed E-state index contributed by atoms with van der Waals surface area (Å²) in [6.07, 6.45) is 3.27. The Morgan fingerprint density at radius 2 is 1.46 bits per heavy atom. The van der Waals surface area contributed by atoms with Gasteiger partial charge < -0.3 is 28.3 Å². The lowest BCUT2D eigenvalue weighted by atomic mass is 9.70. The molecular weight excluding hydrogens is 366 g/mol. The van der Waals surface area contributed by atoms with Crippen LogP contribution in [0.15, 0.2) is 11.5 Å². The van der Waals surface area contributed by atoms with Gasteiger partial charge >= 0.3 is 7.12 Å². The van der Waals surface area contributed by atoms with E-state index in [0.29, 0.717) is 58.9 Å². The smallest absolute Gasteiger partial charge is 0.400 e. The minimum absolute atomic E-state index is 0.0772.